The van der Waals surface area contributed by atoms with Crippen LogP contribution in [0, 0.1) is 6.92 Å². The molecule has 198 valence electrons. The normalized spacial score (nSPS) is 18.1. The molecule has 0 bridgehead atoms. The molecule has 2 aliphatic rings. The van der Waals surface area contributed by atoms with E-state index < -0.39 is 11.4 Å². The number of nitrogens with zero attached hydrogens (tertiary/aromatic N) is 2. The summed E-state index contributed by atoms with van der Waals surface area (Å²) in [7, 11) is 0. The average molecular weight is 523 g/mol. The zero-order valence-corrected chi connectivity index (χ0v) is 22.3. The van der Waals surface area contributed by atoms with Crippen molar-refractivity contribution in [2.45, 2.75) is 45.4 Å². The maximum atomic E-state index is 14.8. The number of carbonyl (C=O) groups excluding carboxylic acids is 2. The van der Waals surface area contributed by atoms with Crippen molar-refractivity contribution in [3.8, 4) is 0 Å². The van der Waals surface area contributed by atoms with Crippen LogP contribution in [0.15, 0.2) is 82.0 Å². The van der Waals surface area contributed by atoms with Crippen LogP contribution in [0.1, 0.15) is 53.1 Å². The number of carbonyl (C=O) groups is 2. The number of para-hydroxylation sites is 2. The lowest BCUT2D eigenvalue weighted by Crippen LogP contribution is -2.53. The molecule has 1 spiro atoms. The minimum atomic E-state index is -1.62. The summed E-state index contributed by atoms with van der Waals surface area (Å²) in [5.74, 6) is -0.853. The van der Waals surface area contributed by atoms with E-state index in [1.807, 2.05) is 69.3 Å². The summed E-state index contributed by atoms with van der Waals surface area (Å²) in [4.78, 5) is 46.2. The van der Waals surface area contributed by atoms with Gasteiger partial charge in [0.05, 0.1) is 29.3 Å². The van der Waals surface area contributed by atoms with Crippen LogP contribution >= 0.6 is 0 Å². The fourth-order valence-corrected chi connectivity index (χ4v) is 5.89. The lowest BCUT2D eigenvalue weighted by molar-refractivity contribution is -0.126. The maximum absolute atomic E-state index is 14.8. The number of fused-ring (bicyclic) bond motifs is 5. The molecule has 2 amide bonds. The van der Waals surface area contributed by atoms with Gasteiger partial charge in [0.2, 0.25) is 5.76 Å². The Hall–Kier alpha value is -4.23. The first-order valence-corrected chi connectivity index (χ1v) is 13.3. The van der Waals surface area contributed by atoms with Crippen LogP contribution < -0.4 is 10.3 Å². The molecule has 0 fully saturated rings. The minimum absolute atomic E-state index is 0.0393. The van der Waals surface area contributed by atoms with Crippen LogP contribution in [0.5, 0.6) is 0 Å². The first-order chi connectivity index (χ1) is 18.9. The van der Waals surface area contributed by atoms with Gasteiger partial charge in [0.1, 0.15) is 5.58 Å². The minimum Gasteiger partial charge on any atom is -0.450 e. The van der Waals surface area contributed by atoms with Crippen LogP contribution in [-0.2, 0) is 21.6 Å². The van der Waals surface area contributed by atoms with Gasteiger partial charge in [0.15, 0.2) is 11.0 Å². The summed E-state index contributed by atoms with van der Waals surface area (Å²) >= 11 is 0. The molecule has 0 N–H and O–H groups in total. The largest absolute Gasteiger partial charge is 0.450 e. The Bertz CT molecular complexity index is 1670. The van der Waals surface area contributed by atoms with Gasteiger partial charge in [-0.15, -0.1) is 0 Å². The Labute approximate surface area is 226 Å². The summed E-state index contributed by atoms with van der Waals surface area (Å²) in [5, 5.41) is 0.344. The Morgan fingerprint density at radius 1 is 0.923 bits per heavy atom. The number of amides is 2. The van der Waals surface area contributed by atoms with Gasteiger partial charge in [-0.05, 0) is 56.5 Å². The van der Waals surface area contributed by atoms with Crippen LogP contribution in [0.25, 0.3) is 11.0 Å². The van der Waals surface area contributed by atoms with E-state index in [9.17, 15) is 14.4 Å². The van der Waals surface area contributed by atoms with Crippen LogP contribution in [0.2, 0.25) is 0 Å². The van der Waals surface area contributed by atoms with Gasteiger partial charge in [-0.25, -0.2) is 0 Å². The number of aryl methyl sites for hydroxylation is 1. The van der Waals surface area contributed by atoms with Crippen LogP contribution in [0.3, 0.4) is 0 Å². The number of anilines is 1. The van der Waals surface area contributed by atoms with Gasteiger partial charge < -0.3 is 19.0 Å². The van der Waals surface area contributed by atoms with Crippen molar-refractivity contribution in [1.29, 1.82) is 0 Å². The zero-order valence-electron chi connectivity index (χ0n) is 22.3. The van der Waals surface area contributed by atoms with Crippen molar-refractivity contribution < 1.29 is 18.7 Å². The summed E-state index contributed by atoms with van der Waals surface area (Å²) in [6.07, 6.45) is 0.540. The Morgan fingerprint density at radius 2 is 1.64 bits per heavy atom. The molecular weight excluding hydrogens is 492 g/mol. The Balaban J connectivity index is 1.57. The molecule has 0 radical (unpaired) electrons. The molecule has 2 aliphatic heterocycles. The summed E-state index contributed by atoms with van der Waals surface area (Å²) in [6, 6.07) is 22.2. The number of hydrogen-bond donors (Lipinski definition) is 0. The monoisotopic (exact) mass is 522 g/mol. The second kappa shape index (κ2) is 9.50. The third kappa shape index (κ3) is 3.72. The highest BCUT2D eigenvalue weighted by atomic mass is 16.5. The maximum Gasteiger partial charge on any atom is 0.291 e. The molecule has 39 heavy (non-hydrogen) atoms. The van der Waals surface area contributed by atoms with E-state index in [2.05, 4.69) is 0 Å². The highest BCUT2D eigenvalue weighted by Gasteiger charge is 2.64. The van der Waals surface area contributed by atoms with Crippen molar-refractivity contribution in [3.63, 3.8) is 0 Å². The quantitative estimate of drug-likeness (QED) is 0.313. The molecular formula is C32H30N2O5. The third-order valence-corrected chi connectivity index (χ3v) is 7.71. The van der Waals surface area contributed by atoms with Gasteiger partial charge in [0, 0.05) is 18.7 Å². The molecule has 1 unspecified atom stereocenters. The SMILES string of the molecule is Cc1ccccc1CN1C(=O)C2(c3ccccc31)c1c(oc3ccccc3c1=O)C(=O)N2CCCOC(C)C. The first kappa shape index (κ1) is 25.1. The van der Waals surface area contributed by atoms with E-state index in [-0.39, 0.29) is 35.3 Å². The lowest BCUT2D eigenvalue weighted by Gasteiger charge is -2.34. The average Bonchev–Trinajstić information content (AvgIpc) is 3.32. The molecule has 1 aromatic heterocycles. The highest BCUT2D eigenvalue weighted by molar-refractivity contribution is 6.17. The molecule has 6 rings (SSSR count). The van der Waals surface area contributed by atoms with Gasteiger partial charge in [-0.1, -0.05) is 54.6 Å². The Morgan fingerprint density at radius 3 is 2.44 bits per heavy atom. The van der Waals surface area contributed by atoms with Gasteiger partial charge in [-0.3, -0.25) is 14.4 Å². The predicted molar refractivity (Wildman–Crippen MR) is 149 cm³/mol. The fourth-order valence-electron chi connectivity index (χ4n) is 5.89. The predicted octanol–water partition coefficient (Wildman–Crippen LogP) is 5.16. The van der Waals surface area contributed by atoms with Crippen molar-refractivity contribution in [3.05, 3.63) is 111 Å². The van der Waals surface area contributed by atoms with E-state index in [1.165, 1.54) is 4.90 Å². The molecule has 0 saturated heterocycles. The summed E-state index contributed by atoms with van der Waals surface area (Å²) in [6.45, 7) is 6.87. The van der Waals surface area contributed by atoms with Crippen molar-refractivity contribution >= 4 is 28.5 Å². The van der Waals surface area contributed by atoms with Gasteiger partial charge in [-0.2, -0.15) is 0 Å². The van der Waals surface area contributed by atoms with Crippen LogP contribution in [-0.4, -0.2) is 36.0 Å². The van der Waals surface area contributed by atoms with Crippen molar-refractivity contribution in [2.75, 3.05) is 18.1 Å². The molecule has 1 atom stereocenters. The van der Waals surface area contributed by atoms with E-state index >= 15 is 0 Å². The summed E-state index contributed by atoms with van der Waals surface area (Å²) < 4.78 is 11.8. The van der Waals surface area contributed by atoms with E-state index in [0.717, 1.165) is 11.1 Å². The van der Waals surface area contributed by atoms with E-state index in [4.69, 9.17) is 9.15 Å². The number of hydrogen-bond acceptors (Lipinski definition) is 5. The smallest absolute Gasteiger partial charge is 0.291 e. The van der Waals surface area contributed by atoms with Crippen molar-refractivity contribution in [2.24, 2.45) is 0 Å². The first-order valence-electron chi connectivity index (χ1n) is 13.3. The number of benzene rings is 3. The lowest BCUT2D eigenvalue weighted by atomic mass is 9.84. The van der Waals surface area contributed by atoms with Crippen LogP contribution in [0.4, 0.5) is 5.69 Å². The standard InChI is InChI=1S/C32H30N2O5/c1-20(2)38-18-10-17-34-30(36)29-27(28(35)23-13-6-9-16-26(23)39-29)32(34)24-14-7-8-15-25(24)33(31(32)37)19-22-12-5-4-11-21(22)3/h4-9,11-16,20H,10,17-19H2,1-3H3. The summed E-state index contributed by atoms with van der Waals surface area (Å²) in [5.41, 5.74) is 1.79. The zero-order chi connectivity index (χ0) is 27.3. The molecule has 7 heteroatoms. The topological polar surface area (TPSA) is 80.1 Å². The number of ether oxygens (including phenoxy) is 1. The van der Waals surface area contributed by atoms with E-state index in [1.54, 1.807) is 29.2 Å². The van der Waals surface area contributed by atoms with E-state index in [0.29, 0.717) is 41.8 Å². The van der Waals surface area contributed by atoms with Gasteiger partial charge >= 0.3 is 0 Å². The second-order valence-electron chi connectivity index (χ2n) is 10.4. The van der Waals surface area contributed by atoms with Crippen molar-refractivity contribution in [1.82, 2.24) is 4.90 Å². The molecule has 7 nitrogen and oxygen atoms in total. The van der Waals surface area contributed by atoms with Gasteiger partial charge in [0.25, 0.3) is 11.8 Å². The molecule has 3 heterocycles. The second-order valence-corrected chi connectivity index (χ2v) is 10.4. The fraction of sp³-hybridized carbons (Fsp3) is 0.281. The molecule has 3 aromatic carbocycles. The number of rotatable bonds is 7. The Kier molecular flexibility index (Phi) is 6.11. The molecule has 4 aromatic rings. The highest BCUT2D eigenvalue weighted by Crippen LogP contribution is 2.53. The third-order valence-electron chi connectivity index (χ3n) is 7.71. The molecule has 0 aliphatic carbocycles. The molecule has 0 saturated carbocycles.